The summed E-state index contributed by atoms with van der Waals surface area (Å²) in [7, 11) is 0. The fourth-order valence-electron chi connectivity index (χ4n) is 0.511. The summed E-state index contributed by atoms with van der Waals surface area (Å²) < 4.78 is 0. The van der Waals surface area contributed by atoms with Gasteiger partial charge in [-0.25, -0.2) is 0 Å². The molecule has 0 amide bonds. The minimum atomic E-state index is 0.194. The highest BCUT2D eigenvalue weighted by Gasteiger charge is 1.77. The maximum atomic E-state index is 8.19. The van der Waals surface area contributed by atoms with Crippen LogP contribution in [0.15, 0.2) is 18.5 Å². The van der Waals surface area contributed by atoms with Gasteiger partial charge in [-0.15, -0.1) is 10.2 Å². The third-order valence-electron chi connectivity index (χ3n) is 1.02. The van der Waals surface area contributed by atoms with Crippen molar-refractivity contribution in [2.24, 2.45) is 5.73 Å². The standard InChI is InChI=1S/C4H12N2O.C3H3N3/c5-1-2-6-3-4-7;1-2-4-6-5-3-1/h6-7H,1-5H2;1-3H. The van der Waals surface area contributed by atoms with Crippen molar-refractivity contribution in [2.45, 2.75) is 0 Å². The average Bonchev–Trinajstić information content (AvgIpc) is 2.22. The first-order valence-electron chi connectivity index (χ1n) is 4.01. The van der Waals surface area contributed by atoms with Gasteiger partial charge in [0, 0.05) is 19.6 Å². The number of hydrogen-bond acceptors (Lipinski definition) is 6. The van der Waals surface area contributed by atoms with Crippen molar-refractivity contribution in [3.8, 4) is 0 Å². The summed E-state index contributed by atoms with van der Waals surface area (Å²) in [6.45, 7) is 2.28. The molecular weight excluding hydrogens is 170 g/mol. The molecule has 1 aromatic heterocycles. The molecule has 0 aliphatic rings. The molecule has 13 heavy (non-hydrogen) atoms. The summed E-state index contributed by atoms with van der Waals surface area (Å²) in [6, 6.07) is 1.72. The third-order valence-corrected chi connectivity index (χ3v) is 1.02. The number of hydrogen-bond donors (Lipinski definition) is 3. The van der Waals surface area contributed by atoms with E-state index in [1.54, 1.807) is 18.5 Å². The van der Waals surface area contributed by atoms with Gasteiger partial charge in [0.15, 0.2) is 0 Å². The Morgan fingerprint density at radius 2 is 1.92 bits per heavy atom. The Morgan fingerprint density at radius 1 is 1.23 bits per heavy atom. The molecule has 0 atom stereocenters. The van der Waals surface area contributed by atoms with Gasteiger partial charge in [-0.3, -0.25) is 0 Å². The minimum Gasteiger partial charge on any atom is -0.395 e. The van der Waals surface area contributed by atoms with Crippen LogP contribution in [0.1, 0.15) is 0 Å². The molecule has 0 saturated carbocycles. The molecule has 6 nitrogen and oxygen atoms in total. The quantitative estimate of drug-likeness (QED) is 0.489. The van der Waals surface area contributed by atoms with E-state index >= 15 is 0 Å². The van der Waals surface area contributed by atoms with Crippen molar-refractivity contribution < 1.29 is 5.11 Å². The molecule has 1 heterocycles. The predicted octanol–water partition coefficient (Wildman–Crippen LogP) is -1.60. The lowest BCUT2D eigenvalue weighted by Crippen LogP contribution is -2.24. The van der Waals surface area contributed by atoms with Crippen molar-refractivity contribution in [2.75, 3.05) is 26.2 Å². The van der Waals surface area contributed by atoms with Gasteiger partial charge >= 0.3 is 0 Å². The number of nitrogens with one attached hydrogen (secondary N) is 1. The van der Waals surface area contributed by atoms with Gasteiger partial charge in [-0.1, -0.05) is 0 Å². The molecule has 1 aromatic rings. The molecule has 74 valence electrons. The van der Waals surface area contributed by atoms with E-state index in [0.29, 0.717) is 13.1 Å². The van der Waals surface area contributed by atoms with E-state index in [4.69, 9.17) is 10.8 Å². The van der Waals surface area contributed by atoms with Crippen LogP contribution in [-0.2, 0) is 0 Å². The number of aromatic nitrogens is 3. The van der Waals surface area contributed by atoms with Crippen LogP contribution in [0, 0.1) is 0 Å². The molecule has 0 radical (unpaired) electrons. The molecule has 0 aromatic carbocycles. The maximum Gasteiger partial charge on any atom is 0.0555 e. The zero-order valence-electron chi connectivity index (χ0n) is 7.43. The monoisotopic (exact) mass is 185 g/mol. The summed E-state index contributed by atoms with van der Waals surface area (Å²) in [6.07, 6.45) is 3.15. The Bertz CT molecular complexity index is 141. The van der Waals surface area contributed by atoms with Crippen molar-refractivity contribution in [3.63, 3.8) is 0 Å². The van der Waals surface area contributed by atoms with Crippen LogP contribution in [0.25, 0.3) is 0 Å². The second-order valence-electron chi connectivity index (χ2n) is 2.07. The van der Waals surface area contributed by atoms with E-state index in [-0.39, 0.29) is 6.61 Å². The minimum absolute atomic E-state index is 0.194. The smallest absolute Gasteiger partial charge is 0.0555 e. The van der Waals surface area contributed by atoms with Crippen LogP contribution in [0.2, 0.25) is 0 Å². The zero-order chi connectivity index (χ0) is 9.78. The molecule has 4 N–H and O–H groups in total. The normalized spacial score (nSPS) is 8.77. The highest BCUT2D eigenvalue weighted by atomic mass is 16.3. The number of nitrogens with zero attached hydrogens (tertiary/aromatic N) is 3. The number of nitrogens with two attached hydrogens (primary N) is 1. The summed E-state index contributed by atoms with van der Waals surface area (Å²) in [5.41, 5.74) is 5.13. The van der Waals surface area contributed by atoms with Crippen LogP contribution >= 0.6 is 0 Å². The van der Waals surface area contributed by atoms with Crippen LogP contribution in [-0.4, -0.2) is 46.8 Å². The Hall–Kier alpha value is -1.11. The molecular formula is C7H15N5O. The van der Waals surface area contributed by atoms with E-state index < -0.39 is 0 Å². The average molecular weight is 185 g/mol. The summed E-state index contributed by atoms with van der Waals surface area (Å²) in [5, 5.41) is 21.2. The second kappa shape index (κ2) is 10.9. The molecule has 0 bridgehead atoms. The predicted molar refractivity (Wildman–Crippen MR) is 48.8 cm³/mol. The number of rotatable bonds is 4. The molecule has 0 saturated heterocycles. The maximum absolute atomic E-state index is 8.19. The lowest BCUT2D eigenvalue weighted by atomic mass is 10.6. The van der Waals surface area contributed by atoms with E-state index in [1.165, 1.54) is 0 Å². The summed E-state index contributed by atoms with van der Waals surface area (Å²) >= 11 is 0. The first-order chi connectivity index (χ1) is 6.41. The Kier molecular flexibility index (Phi) is 9.96. The van der Waals surface area contributed by atoms with Crippen LogP contribution in [0.5, 0.6) is 0 Å². The van der Waals surface area contributed by atoms with Crippen LogP contribution in [0.3, 0.4) is 0 Å². The van der Waals surface area contributed by atoms with E-state index in [9.17, 15) is 0 Å². The van der Waals surface area contributed by atoms with Crippen LogP contribution < -0.4 is 11.1 Å². The van der Waals surface area contributed by atoms with Crippen molar-refractivity contribution in [3.05, 3.63) is 18.5 Å². The van der Waals surface area contributed by atoms with Gasteiger partial charge in [-0.2, -0.15) is 0 Å². The Balaban J connectivity index is 0.000000223. The van der Waals surface area contributed by atoms with Gasteiger partial charge in [-0.05, 0) is 11.3 Å². The summed E-state index contributed by atoms with van der Waals surface area (Å²) in [4.78, 5) is 0. The highest BCUT2D eigenvalue weighted by molar-refractivity contribution is 4.69. The SMILES string of the molecule is NCCNCCO.c1cnnnc1. The first kappa shape index (κ1) is 11.9. The van der Waals surface area contributed by atoms with Crippen LogP contribution in [0.4, 0.5) is 0 Å². The zero-order valence-corrected chi connectivity index (χ0v) is 7.43. The number of aliphatic hydroxyl groups excluding tert-OH is 1. The molecule has 6 heteroatoms. The fraction of sp³-hybridized carbons (Fsp3) is 0.571. The first-order valence-corrected chi connectivity index (χ1v) is 4.01. The van der Waals surface area contributed by atoms with Gasteiger partial charge in [0.05, 0.1) is 19.0 Å². The molecule has 0 aliphatic carbocycles. The number of aliphatic hydroxyl groups is 1. The lowest BCUT2D eigenvalue weighted by molar-refractivity contribution is 0.293. The second-order valence-corrected chi connectivity index (χ2v) is 2.07. The summed E-state index contributed by atoms with van der Waals surface area (Å²) in [5.74, 6) is 0. The Morgan fingerprint density at radius 3 is 2.23 bits per heavy atom. The van der Waals surface area contributed by atoms with E-state index in [1.807, 2.05) is 0 Å². The van der Waals surface area contributed by atoms with E-state index in [2.05, 4.69) is 20.7 Å². The van der Waals surface area contributed by atoms with E-state index in [0.717, 1.165) is 6.54 Å². The highest BCUT2D eigenvalue weighted by Crippen LogP contribution is 1.61. The van der Waals surface area contributed by atoms with Gasteiger partial charge in [0.25, 0.3) is 0 Å². The molecule has 0 fully saturated rings. The van der Waals surface area contributed by atoms with Crippen molar-refractivity contribution in [1.82, 2.24) is 20.7 Å². The van der Waals surface area contributed by atoms with Gasteiger partial charge < -0.3 is 16.2 Å². The van der Waals surface area contributed by atoms with Crippen molar-refractivity contribution in [1.29, 1.82) is 0 Å². The van der Waals surface area contributed by atoms with Gasteiger partial charge in [0.1, 0.15) is 0 Å². The molecule has 0 spiro atoms. The van der Waals surface area contributed by atoms with Crippen molar-refractivity contribution >= 4 is 0 Å². The molecule has 1 rings (SSSR count). The molecule has 0 aliphatic heterocycles. The largest absolute Gasteiger partial charge is 0.395 e. The van der Waals surface area contributed by atoms with Gasteiger partial charge in [0.2, 0.25) is 0 Å². The lowest BCUT2D eigenvalue weighted by Gasteiger charge is -1.95. The Labute approximate surface area is 77.2 Å². The topological polar surface area (TPSA) is 97.0 Å². The third kappa shape index (κ3) is 10.9. The fourth-order valence-corrected chi connectivity index (χ4v) is 0.511. The molecule has 0 unspecified atom stereocenters.